The lowest BCUT2D eigenvalue weighted by Gasteiger charge is -2.14. The Morgan fingerprint density at radius 1 is 0.413 bits per heavy atom. The Morgan fingerprint density at radius 2 is 0.696 bits per heavy atom. The van der Waals surface area contributed by atoms with Crippen molar-refractivity contribution in [3.05, 3.63) is 48.6 Å². The van der Waals surface area contributed by atoms with Gasteiger partial charge < -0.3 is 9.47 Å². The van der Waals surface area contributed by atoms with Crippen molar-refractivity contribution in [3.8, 4) is 11.5 Å². The molecule has 0 aliphatic rings. The molecule has 2 heteroatoms. The van der Waals surface area contributed by atoms with Gasteiger partial charge in [-0.25, -0.2) is 0 Å². The number of rotatable bonds is 34. The van der Waals surface area contributed by atoms with Crippen molar-refractivity contribution >= 4 is 0 Å². The lowest BCUT2D eigenvalue weighted by atomic mass is 10.0. The van der Waals surface area contributed by atoms with Crippen LogP contribution in [0.4, 0.5) is 0 Å². The van der Waals surface area contributed by atoms with E-state index in [9.17, 15) is 0 Å². The number of hydrogen-bond donors (Lipinski definition) is 0. The molecule has 46 heavy (non-hydrogen) atoms. The maximum Gasteiger partial charge on any atom is 0.119 e. The highest BCUT2D eigenvalue weighted by Crippen LogP contribution is 2.20. The van der Waals surface area contributed by atoms with Gasteiger partial charge in [0.2, 0.25) is 0 Å². The van der Waals surface area contributed by atoms with E-state index in [1.54, 1.807) is 0 Å². The largest absolute Gasteiger partial charge is 0.493 e. The second kappa shape index (κ2) is 33.2. The van der Waals surface area contributed by atoms with Gasteiger partial charge in [-0.05, 0) is 87.5 Å². The van der Waals surface area contributed by atoms with E-state index in [0.717, 1.165) is 37.6 Å². The molecule has 0 N–H and O–H groups in total. The van der Waals surface area contributed by atoms with E-state index in [1.165, 1.54) is 154 Å². The van der Waals surface area contributed by atoms with E-state index in [-0.39, 0.29) is 0 Å². The minimum atomic E-state index is 0.558. The Labute approximate surface area is 288 Å². The summed E-state index contributed by atoms with van der Waals surface area (Å²) in [6.45, 7) is 10.7. The number of unbranched alkanes of at least 4 members (excludes halogenated alkanes) is 20. The Morgan fingerprint density at radius 3 is 1.02 bits per heavy atom. The number of ether oxygens (including phenoxy) is 2. The molecule has 1 aromatic rings. The molecule has 2 unspecified atom stereocenters. The highest BCUT2D eigenvalue weighted by Gasteiger charge is 2.05. The fourth-order valence-electron chi connectivity index (χ4n) is 6.01. The fourth-order valence-corrected chi connectivity index (χ4v) is 6.01. The van der Waals surface area contributed by atoms with Crippen LogP contribution in [0.5, 0.6) is 11.5 Å². The van der Waals surface area contributed by atoms with Crippen LogP contribution < -0.4 is 9.47 Å². The van der Waals surface area contributed by atoms with E-state index in [0.29, 0.717) is 11.8 Å². The maximum absolute atomic E-state index is 6.06. The average Bonchev–Trinajstić information content (AvgIpc) is 3.07. The van der Waals surface area contributed by atoms with Crippen LogP contribution in [0.15, 0.2) is 48.6 Å². The predicted molar refractivity (Wildman–Crippen MR) is 205 cm³/mol. The molecule has 0 fully saturated rings. The molecule has 0 saturated heterocycles. The monoisotopic (exact) mass is 639 g/mol. The summed E-state index contributed by atoms with van der Waals surface area (Å²) in [7, 11) is 0. The lowest BCUT2D eigenvalue weighted by molar-refractivity contribution is 0.247. The summed E-state index contributed by atoms with van der Waals surface area (Å²) in [6, 6.07) is 8.20. The van der Waals surface area contributed by atoms with Gasteiger partial charge >= 0.3 is 0 Å². The zero-order valence-corrected chi connectivity index (χ0v) is 31.4. The molecule has 1 aromatic carbocycles. The molecule has 266 valence electrons. The molecule has 2 nitrogen and oxygen atoms in total. The summed E-state index contributed by atoms with van der Waals surface area (Å²) in [5, 5.41) is 0. The zero-order valence-electron chi connectivity index (χ0n) is 31.4. The second-order valence-corrected chi connectivity index (χ2v) is 14.3. The average molecular weight is 639 g/mol. The third-order valence-corrected chi connectivity index (χ3v) is 9.33. The molecule has 1 rings (SSSR count). The van der Waals surface area contributed by atoms with Crippen LogP contribution in [0, 0.1) is 11.8 Å². The van der Waals surface area contributed by atoms with Gasteiger partial charge in [-0.15, -0.1) is 0 Å². The van der Waals surface area contributed by atoms with Gasteiger partial charge in [-0.1, -0.05) is 168 Å². The maximum atomic E-state index is 6.06. The smallest absolute Gasteiger partial charge is 0.119 e. The molecule has 0 amide bonds. The Bertz CT molecular complexity index is 728. The van der Waals surface area contributed by atoms with Gasteiger partial charge in [0.1, 0.15) is 11.5 Å². The quantitative estimate of drug-likeness (QED) is 0.0552. The Hall–Kier alpha value is -1.70. The predicted octanol–water partition coefficient (Wildman–Crippen LogP) is 15.0. The summed E-state index contributed by atoms with van der Waals surface area (Å²) in [6.07, 6.45) is 44.9. The van der Waals surface area contributed by atoms with Crippen LogP contribution in [-0.2, 0) is 0 Å². The zero-order chi connectivity index (χ0) is 33.2. The molecule has 2 atom stereocenters. The van der Waals surface area contributed by atoms with E-state index in [4.69, 9.17) is 9.47 Å². The van der Waals surface area contributed by atoms with E-state index < -0.39 is 0 Å². The molecule has 0 bridgehead atoms. The molecule has 0 heterocycles. The molecular formula is C44H78O2. The summed E-state index contributed by atoms with van der Waals surface area (Å²) in [5.41, 5.74) is 0. The van der Waals surface area contributed by atoms with E-state index in [1.807, 2.05) is 0 Å². The van der Waals surface area contributed by atoms with Crippen LogP contribution in [0.3, 0.4) is 0 Å². The normalized spacial score (nSPS) is 13.1. The minimum Gasteiger partial charge on any atom is -0.493 e. The standard InChI is InChI=1S/C44H78O2/c1-5-7-9-11-13-15-17-19-21-23-25-27-29-31-33-41(3)39-45-43-35-37-44(38-36-43)46-40-42(4)34-32-30-28-26-24-22-20-18-16-14-12-10-8-6-2/h27-30,35-38,41-42H,5-26,31-34,39-40H2,1-4H3. The van der Waals surface area contributed by atoms with Crippen LogP contribution in [0.25, 0.3) is 0 Å². The van der Waals surface area contributed by atoms with Gasteiger partial charge in [0, 0.05) is 0 Å². The Balaban J connectivity index is 1.97. The SMILES string of the molecule is CCCCCCCCCCCCC=CCCC(C)COc1ccc(OCC(C)CCC=CCCCCCCCCCCCC)cc1. The highest BCUT2D eigenvalue weighted by molar-refractivity contribution is 5.31. The van der Waals surface area contributed by atoms with Crippen molar-refractivity contribution in [1.82, 2.24) is 0 Å². The minimum absolute atomic E-state index is 0.558. The molecule has 0 spiro atoms. The third kappa shape index (κ3) is 28.5. The van der Waals surface area contributed by atoms with E-state index in [2.05, 4.69) is 76.3 Å². The van der Waals surface area contributed by atoms with Crippen molar-refractivity contribution < 1.29 is 9.47 Å². The summed E-state index contributed by atoms with van der Waals surface area (Å²) in [4.78, 5) is 0. The van der Waals surface area contributed by atoms with Gasteiger partial charge in [0.15, 0.2) is 0 Å². The van der Waals surface area contributed by atoms with Crippen LogP contribution in [0.2, 0.25) is 0 Å². The second-order valence-electron chi connectivity index (χ2n) is 14.3. The Kier molecular flexibility index (Phi) is 30.6. The van der Waals surface area contributed by atoms with Gasteiger partial charge in [0.25, 0.3) is 0 Å². The van der Waals surface area contributed by atoms with Crippen LogP contribution in [0.1, 0.15) is 195 Å². The molecular weight excluding hydrogens is 560 g/mol. The lowest BCUT2D eigenvalue weighted by Crippen LogP contribution is -2.09. The van der Waals surface area contributed by atoms with E-state index >= 15 is 0 Å². The highest BCUT2D eigenvalue weighted by atomic mass is 16.5. The first-order chi connectivity index (χ1) is 22.7. The van der Waals surface area contributed by atoms with Crippen molar-refractivity contribution in [2.75, 3.05) is 13.2 Å². The number of benzene rings is 1. The fraction of sp³-hybridized carbons (Fsp3) is 0.773. The number of allylic oxidation sites excluding steroid dienone is 4. The summed E-state index contributed by atoms with van der Waals surface area (Å²) >= 11 is 0. The summed E-state index contributed by atoms with van der Waals surface area (Å²) in [5.74, 6) is 3.00. The number of hydrogen-bond acceptors (Lipinski definition) is 2. The van der Waals surface area contributed by atoms with Crippen molar-refractivity contribution in [3.63, 3.8) is 0 Å². The molecule has 0 aromatic heterocycles. The first-order valence-corrected chi connectivity index (χ1v) is 20.3. The molecule has 0 aliphatic carbocycles. The third-order valence-electron chi connectivity index (χ3n) is 9.33. The van der Waals surface area contributed by atoms with Gasteiger partial charge in [0.05, 0.1) is 13.2 Å². The first-order valence-electron chi connectivity index (χ1n) is 20.3. The van der Waals surface area contributed by atoms with Crippen molar-refractivity contribution in [1.29, 1.82) is 0 Å². The van der Waals surface area contributed by atoms with Crippen molar-refractivity contribution in [2.24, 2.45) is 11.8 Å². The first kappa shape index (κ1) is 42.3. The van der Waals surface area contributed by atoms with Crippen LogP contribution in [-0.4, -0.2) is 13.2 Å². The molecule has 0 radical (unpaired) electrons. The van der Waals surface area contributed by atoms with Gasteiger partial charge in [-0.2, -0.15) is 0 Å². The molecule has 0 saturated carbocycles. The van der Waals surface area contributed by atoms with Crippen LogP contribution >= 0.6 is 0 Å². The summed E-state index contributed by atoms with van der Waals surface area (Å²) < 4.78 is 12.1. The van der Waals surface area contributed by atoms with Crippen molar-refractivity contribution in [2.45, 2.75) is 195 Å². The molecule has 0 aliphatic heterocycles. The topological polar surface area (TPSA) is 18.5 Å². The van der Waals surface area contributed by atoms with Gasteiger partial charge in [-0.3, -0.25) is 0 Å².